The van der Waals surface area contributed by atoms with Gasteiger partial charge in [0.05, 0.1) is 6.10 Å². The second kappa shape index (κ2) is 8.60. The molecule has 0 aromatic heterocycles. The van der Waals surface area contributed by atoms with Crippen LogP contribution in [0.15, 0.2) is 30.3 Å². The van der Waals surface area contributed by atoms with E-state index in [1.165, 1.54) is 0 Å². The highest BCUT2D eigenvalue weighted by molar-refractivity contribution is 7.86. The van der Waals surface area contributed by atoms with Gasteiger partial charge in [-0.3, -0.25) is 4.90 Å². The molecule has 0 saturated carbocycles. The Hall–Kier alpha value is -0.990. The smallest absolute Gasteiger partial charge is 0.282 e. The van der Waals surface area contributed by atoms with Crippen LogP contribution in [0.1, 0.15) is 37.4 Å². The molecule has 0 aliphatic carbocycles. The molecule has 1 aromatic rings. The summed E-state index contributed by atoms with van der Waals surface area (Å²) in [5.74, 6) is 0. The number of β-amino-alcohol motifs (C(OH)–C–C–N with tert-alkyl or cyclic N) is 1. The quantitative estimate of drug-likeness (QED) is 0.856. The topological polar surface area (TPSA) is 64.1 Å². The van der Waals surface area contributed by atoms with Crippen molar-refractivity contribution in [2.75, 3.05) is 45.8 Å². The lowest BCUT2D eigenvalue weighted by atomic mass is 10.1. The van der Waals surface area contributed by atoms with Gasteiger partial charge in [-0.15, -0.1) is 0 Å². The fraction of sp³-hybridized carbons (Fsp3) is 0.667. The highest BCUT2D eigenvalue weighted by Gasteiger charge is 2.32. The summed E-state index contributed by atoms with van der Waals surface area (Å²) in [5, 5.41) is 10.4. The maximum absolute atomic E-state index is 12.8. The van der Waals surface area contributed by atoms with Gasteiger partial charge in [0.2, 0.25) is 0 Å². The number of nitrogens with zero attached hydrogens (tertiary/aromatic N) is 3. The molecule has 1 unspecified atom stereocenters. The van der Waals surface area contributed by atoms with Crippen LogP contribution in [-0.4, -0.2) is 72.8 Å². The molecule has 2 heterocycles. The first-order valence-electron chi connectivity index (χ1n) is 9.28. The third kappa shape index (κ3) is 4.80. The number of rotatable bonds is 5. The van der Waals surface area contributed by atoms with Crippen LogP contribution >= 0.6 is 0 Å². The van der Waals surface area contributed by atoms with Gasteiger partial charge < -0.3 is 5.11 Å². The van der Waals surface area contributed by atoms with Crippen molar-refractivity contribution >= 4 is 10.2 Å². The minimum absolute atomic E-state index is 0.500. The molecule has 1 aromatic carbocycles. The molecule has 2 aliphatic rings. The number of aliphatic hydroxyl groups is 1. The molecule has 0 spiro atoms. The summed E-state index contributed by atoms with van der Waals surface area (Å²) < 4.78 is 28.9. The molecule has 0 bridgehead atoms. The number of hydrogen-bond donors (Lipinski definition) is 1. The monoisotopic (exact) mass is 367 g/mol. The fourth-order valence-electron chi connectivity index (χ4n) is 3.60. The summed E-state index contributed by atoms with van der Waals surface area (Å²) in [6, 6.07) is 9.62. The van der Waals surface area contributed by atoms with Crippen LogP contribution in [0.3, 0.4) is 0 Å². The molecular weight excluding hydrogens is 338 g/mol. The molecule has 25 heavy (non-hydrogen) atoms. The summed E-state index contributed by atoms with van der Waals surface area (Å²) >= 11 is 0. The van der Waals surface area contributed by atoms with Crippen LogP contribution in [0.2, 0.25) is 0 Å². The lowest BCUT2D eigenvalue weighted by Crippen LogP contribution is -2.53. The summed E-state index contributed by atoms with van der Waals surface area (Å²) in [6.07, 6.45) is 3.63. The van der Waals surface area contributed by atoms with Crippen LogP contribution < -0.4 is 0 Å². The predicted molar refractivity (Wildman–Crippen MR) is 98.4 cm³/mol. The second-order valence-electron chi connectivity index (χ2n) is 6.95. The summed E-state index contributed by atoms with van der Waals surface area (Å²) in [5.41, 5.74) is 0.905. The molecule has 1 N–H and O–H groups in total. The highest BCUT2D eigenvalue weighted by Crippen LogP contribution is 2.19. The zero-order valence-electron chi connectivity index (χ0n) is 14.8. The molecule has 2 fully saturated rings. The Morgan fingerprint density at radius 3 is 2.00 bits per heavy atom. The summed E-state index contributed by atoms with van der Waals surface area (Å²) in [6.45, 7) is 4.17. The maximum Gasteiger partial charge on any atom is 0.282 e. The van der Waals surface area contributed by atoms with E-state index in [-0.39, 0.29) is 0 Å². The lowest BCUT2D eigenvalue weighted by molar-refractivity contribution is 0.0907. The predicted octanol–water partition coefficient (Wildman–Crippen LogP) is 1.46. The van der Waals surface area contributed by atoms with E-state index in [9.17, 15) is 13.5 Å². The number of hydrogen-bond acceptors (Lipinski definition) is 4. The Morgan fingerprint density at radius 2 is 1.40 bits per heavy atom. The van der Waals surface area contributed by atoms with E-state index in [1.807, 2.05) is 30.3 Å². The molecule has 6 nitrogen and oxygen atoms in total. The van der Waals surface area contributed by atoms with Crippen LogP contribution in [0, 0.1) is 0 Å². The Kier molecular flexibility index (Phi) is 6.46. The second-order valence-corrected chi connectivity index (χ2v) is 8.88. The average molecular weight is 368 g/mol. The standard InChI is InChI=1S/C18H29N3O3S/c22-18(17-8-4-3-5-9-17)16-19-12-14-21(15-13-19)25(23,24)20-10-6-1-2-7-11-20/h3-5,8-9,18,22H,1-2,6-7,10-16H2. The maximum atomic E-state index is 12.8. The van der Waals surface area contributed by atoms with Crippen molar-refractivity contribution in [3.63, 3.8) is 0 Å². The van der Waals surface area contributed by atoms with Crippen molar-refractivity contribution in [2.45, 2.75) is 31.8 Å². The van der Waals surface area contributed by atoms with Crippen molar-refractivity contribution in [3.05, 3.63) is 35.9 Å². The summed E-state index contributed by atoms with van der Waals surface area (Å²) in [4.78, 5) is 2.14. The number of aliphatic hydroxyl groups excluding tert-OH is 1. The van der Waals surface area contributed by atoms with Crippen molar-refractivity contribution in [1.82, 2.24) is 13.5 Å². The Labute approximate surface area is 151 Å². The van der Waals surface area contributed by atoms with Crippen LogP contribution in [0.5, 0.6) is 0 Å². The average Bonchev–Trinajstić information content (AvgIpc) is 2.93. The number of benzene rings is 1. The first-order chi connectivity index (χ1) is 12.1. The minimum Gasteiger partial charge on any atom is -0.387 e. The van der Waals surface area contributed by atoms with Gasteiger partial charge in [-0.25, -0.2) is 0 Å². The molecule has 0 amide bonds. The molecule has 1 atom stereocenters. The lowest BCUT2D eigenvalue weighted by Gasteiger charge is -2.37. The van der Waals surface area contributed by atoms with E-state index in [0.717, 1.165) is 31.2 Å². The van der Waals surface area contributed by atoms with Gasteiger partial charge in [-0.05, 0) is 18.4 Å². The normalized spacial score (nSPS) is 23.2. The molecule has 140 valence electrons. The minimum atomic E-state index is -3.33. The van der Waals surface area contributed by atoms with E-state index in [0.29, 0.717) is 45.8 Å². The Morgan fingerprint density at radius 1 is 0.840 bits per heavy atom. The van der Waals surface area contributed by atoms with E-state index >= 15 is 0 Å². The summed E-state index contributed by atoms with van der Waals surface area (Å²) in [7, 11) is -3.33. The van der Waals surface area contributed by atoms with Crippen molar-refractivity contribution in [3.8, 4) is 0 Å². The SMILES string of the molecule is O=S(=O)(N1CCCCCC1)N1CCN(CC(O)c2ccccc2)CC1. The van der Waals surface area contributed by atoms with Gasteiger partial charge >= 0.3 is 0 Å². The van der Waals surface area contributed by atoms with Crippen molar-refractivity contribution in [1.29, 1.82) is 0 Å². The van der Waals surface area contributed by atoms with Crippen LogP contribution in [-0.2, 0) is 10.2 Å². The van der Waals surface area contributed by atoms with Gasteiger partial charge in [-0.1, -0.05) is 43.2 Å². The van der Waals surface area contributed by atoms with Gasteiger partial charge in [-0.2, -0.15) is 17.0 Å². The third-order valence-electron chi connectivity index (χ3n) is 5.16. The van der Waals surface area contributed by atoms with Crippen molar-refractivity contribution < 1.29 is 13.5 Å². The van der Waals surface area contributed by atoms with E-state index in [2.05, 4.69) is 4.90 Å². The molecule has 2 saturated heterocycles. The van der Waals surface area contributed by atoms with Gasteiger partial charge in [0.1, 0.15) is 0 Å². The first-order valence-corrected chi connectivity index (χ1v) is 10.7. The molecular formula is C18H29N3O3S. The molecule has 3 rings (SSSR count). The van der Waals surface area contributed by atoms with Crippen molar-refractivity contribution in [2.24, 2.45) is 0 Å². The first kappa shape index (κ1) is 18.8. The van der Waals surface area contributed by atoms with Crippen LogP contribution in [0.25, 0.3) is 0 Å². The Bertz CT molecular complexity index is 622. The number of piperazine rings is 1. The van der Waals surface area contributed by atoms with Crippen LogP contribution in [0.4, 0.5) is 0 Å². The zero-order chi connectivity index (χ0) is 17.7. The van der Waals surface area contributed by atoms with E-state index < -0.39 is 16.3 Å². The van der Waals surface area contributed by atoms with Gasteiger partial charge in [0.25, 0.3) is 10.2 Å². The molecule has 7 heteroatoms. The van der Waals surface area contributed by atoms with Gasteiger partial charge in [0.15, 0.2) is 0 Å². The molecule has 0 radical (unpaired) electrons. The van der Waals surface area contributed by atoms with E-state index in [4.69, 9.17) is 0 Å². The molecule has 2 aliphatic heterocycles. The fourth-order valence-corrected chi connectivity index (χ4v) is 5.27. The highest BCUT2D eigenvalue weighted by atomic mass is 32.2. The van der Waals surface area contributed by atoms with Gasteiger partial charge in [0, 0.05) is 45.8 Å². The zero-order valence-corrected chi connectivity index (χ0v) is 15.6. The Balaban J connectivity index is 1.52. The largest absolute Gasteiger partial charge is 0.387 e. The third-order valence-corrected chi connectivity index (χ3v) is 7.20. The van der Waals surface area contributed by atoms with E-state index in [1.54, 1.807) is 8.61 Å².